The molecule has 2 aromatic heterocycles. The van der Waals surface area contributed by atoms with E-state index in [-0.39, 0.29) is 24.8 Å². The second kappa shape index (κ2) is 7.78. The van der Waals surface area contributed by atoms with Gasteiger partial charge in [-0.05, 0) is 53.2 Å². The van der Waals surface area contributed by atoms with Crippen molar-refractivity contribution in [2.24, 2.45) is 0 Å². The Morgan fingerprint density at radius 1 is 1.34 bits per heavy atom. The van der Waals surface area contributed by atoms with Gasteiger partial charge in [-0.3, -0.25) is 19.5 Å². The van der Waals surface area contributed by atoms with Gasteiger partial charge >= 0.3 is 0 Å². The average molecular weight is 452 g/mol. The second-order valence-corrected chi connectivity index (χ2v) is 7.88. The molecule has 1 aromatic carbocycles. The van der Waals surface area contributed by atoms with Crippen molar-refractivity contribution in [3.63, 3.8) is 0 Å². The third-order valence-corrected chi connectivity index (χ3v) is 5.46. The van der Waals surface area contributed by atoms with Crippen molar-refractivity contribution in [2.75, 3.05) is 26.2 Å². The quantitative estimate of drug-likeness (QED) is 0.615. The molecule has 3 aromatic rings. The lowest BCUT2D eigenvalue weighted by Crippen LogP contribution is -2.49. The highest BCUT2D eigenvalue weighted by atomic mass is 79.9. The molecule has 0 saturated carbocycles. The number of Topliss-reactive ketones (excluding diaryl/α,β-unsaturated/α-hetero) is 1. The van der Waals surface area contributed by atoms with E-state index in [9.17, 15) is 9.59 Å². The van der Waals surface area contributed by atoms with Crippen LogP contribution in [0.25, 0.3) is 16.7 Å². The molecule has 0 atom stereocenters. The average Bonchev–Trinajstić information content (AvgIpc) is 2.99. The smallest absolute Gasteiger partial charge is 0.234 e. The summed E-state index contributed by atoms with van der Waals surface area (Å²) in [6.07, 6.45) is 1.68. The number of hydrogen-bond acceptors (Lipinski definition) is 5. The van der Waals surface area contributed by atoms with Crippen LogP contribution in [-0.4, -0.2) is 52.3 Å². The molecule has 1 amide bonds. The molecule has 29 heavy (non-hydrogen) atoms. The van der Waals surface area contributed by atoms with Crippen LogP contribution in [0.2, 0.25) is 0 Å². The van der Waals surface area contributed by atoms with Gasteiger partial charge in [-0.15, -0.1) is 0 Å². The monoisotopic (exact) mass is 451 g/mol. The van der Waals surface area contributed by atoms with Crippen LogP contribution in [0.4, 0.5) is 0 Å². The molecule has 0 unspecified atom stereocenters. The number of nitrogens with zero attached hydrogens (tertiary/aromatic N) is 4. The number of nitriles is 1. The van der Waals surface area contributed by atoms with Crippen molar-refractivity contribution in [1.82, 2.24) is 19.8 Å². The molecule has 0 aliphatic carbocycles. The van der Waals surface area contributed by atoms with Crippen LogP contribution in [0.1, 0.15) is 21.6 Å². The van der Waals surface area contributed by atoms with E-state index in [1.54, 1.807) is 18.3 Å². The second-order valence-electron chi connectivity index (χ2n) is 6.96. The van der Waals surface area contributed by atoms with Crippen molar-refractivity contribution in [2.45, 2.75) is 6.92 Å². The van der Waals surface area contributed by atoms with E-state index in [0.717, 1.165) is 21.4 Å². The van der Waals surface area contributed by atoms with Gasteiger partial charge in [0, 0.05) is 35.1 Å². The number of amides is 1. The maximum atomic E-state index is 13.2. The van der Waals surface area contributed by atoms with Gasteiger partial charge in [-0.25, -0.2) is 0 Å². The third kappa shape index (κ3) is 3.67. The minimum absolute atomic E-state index is 0.0654. The summed E-state index contributed by atoms with van der Waals surface area (Å²) in [6.45, 7) is 3.47. The molecule has 1 N–H and O–H groups in total. The largest absolute Gasteiger partial charge is 0.354 e. The Morgan fingerprint density at radius 3 is 2.79 bits per heavy atom. The maximum Gasteiger partial charge on any atom is 0.234 e. The Labute approximate surface area is 176 Å². The van der Waals surface area contributed by atoms with E-state index >= 15 is 0 Å². The summed E-state index contributed by atoms with van der Waals surface area (Å²) >= 11 is 3.46. The molecule has 3 heterocycles. The number of aromatic nitrogens is 2. The Kier molecular flexibility index (Phi) is 5.18. The van der Waals surface area contributed by atoms with Crippen LogP contribution < -0.4 is 5.32 Å². The fraction of sp³-hybridized carbons (Fsp3) is 0.238. The Morgan fingerprint density at radius 2 is 2.10 bits per heavy atom. The van der Waals surface area contributed by atoms with Crippen molar-refractivity contribution < 1.29 is 9.59 Å². The SMILES string of the molecule is Cc1c(C(=O)CN2CCNC(=O)C2)c2ncc(Br)cc2n1-c1ccc(C#N)cc1. The Hall–Kier alpha value is -3.02. The first-order valence-electron chi connectivity index (χ1n) is 9.17. The number of pyridine rings is 1. The number of carbonyl (C=O) groups is 2. The third-order valence-electron chi connectivity index (χ3n) is 5.03. The highest BCUT2D eigenvalue weighted by Gasteiger charge is 2.25. The topological polar surface area (TPSA) is 91.0 Å². The van der Waals surface area contributed by atoms with E-state index in [0.29, 0.717) is 29.7 Å². The van der Waals surface area contributed by atoms with Gasteiger partial charge in [-0.1, -0.05) is 0 Å². The van der Waals surface area contributed by atoms with Gasteiger partial charge in [-0.2, -0.15) is 5.26 Å². The molecule has 0 spiro atoms. The first kappa shape index (κ1) is 19.3. The van der Waals surface area contributed by atoms with Crippen LogP contribution in [-0.2, 0) is 4.79 Å². The van der Waals surface area contributed by atoms with Crippen LogP contribution in [0.5, 0.6) is 0 Å². The number of piperazine rings is 1. The minimum Gasteiger partial charge on any atom is -0.354 e. The number of hydrogen-bond donors (Lipinski definition) is 1. The first-order valence-corrected chi connectivity index (χ1v) is 9.96. The first-order chi connectivity index (χ1) is 14.0. The van der Waals surface area contributed by atoms with Crippen molar-refractivity contribution >= 4 is 38.7 Å². The van der Waals surface area contributed by atoms with Gasteiger partial charge in [0.2, 0.25) is 5.91 Å². The fourth-order valence-corrected chi connectivity index (χ4v) is 4.03. The number of halogens is 1. The molecule has 0 radical (unpaired) electrons. The predicted molar refractivity (Wildman–Crippen MR) is 112 cm³/mol. The molecule has 8 heteroatoms. The lowest BCUT2D eigenvalue weighted by Gasteiger charge is -2.25. The molecule has 1 saturated heterocycles. The number of ketones is 1. The Balaban J connectivity index is 1.80. The minimum atomic E-state index is -0.0668. The normalized spacial score (nSPS) is 14.6. The van der Waals surface area contributed by atoms with Crippen molar-refractivity contribution in [1.29, 1.82) is 5.26 Å². The summed E-state index contributed by atoms with van der Waals surface area (Å²) < 4.78 is 2.79. The van der Waals surface area contributed by atoms with E-state index in [1.165, 1.54) is 0 Å². The number of carbonyl (C=O) groups excluding carboxylic acids is 2. The molecule has 0 bridgehead atoms. The summed E-state index contributed by atoms with van der Waals surface area (Å²) in [5.74, 6) is -0.132. The lowest BCUT2D eigenvalue weighted by atomic mass is 10.1. The van der Waals surface area contributed by atoms with Crippen LogP contribution in [0.15, 0.2) is 41.0 Å². The standard InChI is InChI=1S/C21H18BrN5O2/c1-13-20(18(28)11-26-7-6-24-19(29)12-26)21-17(8-15(22)10-25-21)27(13)16-4-2-14(9-23)3-5-16/h2-5,8,10H,6-7,11-12H2,1H3,(H,24,29). The fourth-order valence-electron chi connectivity index (χ4n) is 3.72. The molecular formula is C21H18BrN5O2. The molecule has 7 nitrogen and oxygen atoms in total. The van der Waals surface area contributed by atoms with E-state index in [4.69, 9.17) is 5.26 Å². The van der Waals surface area contributed by atoms with Crippen molar-refractivity contribution in [3.8, 4) is 11.8 Å². The molecule has 4 rings (SSSR count). The molecule has 146 valence electrons. The highest BCUT2D eigenvalue weighted by molar-refractivity contribution is 9.10. The molecular weight excluding hydrogens is 434 g/mol. The van der Waals surface area contributed by atoms with Gasteiger partial charge in [0.05, 0.1) is 41.3 Å². The zero-order chi connectivity index (χ0) is 20.5. The van der Waals surface area contributed by atoms with Crippen molar-refractivity contribution in [3.05, 3.63) is 57.8 Å². The number of benzene rings is 1. The summed E-state index contributed by atoms with van der Waals surface area (Å²) in [4.78, 5) is 31.2. The van der Waals surface area contributed by atoms with Gasteiger partial charge in [0.15, 0.2) is 5.78 Å². The van der Waals surface area contributed by atoms with E-state index in [1.807, 2.05) is 34.6 Å². The van der Waals surface area contributed by atoms with Gasteiger partial charge in [0.25, 0.3) is 0 Å². The lowest BCUT2D eigenvalue weighted by molar-refractivity contribution is -0.123. The molecule has 1 aliphatic rings. The van der Waals surface area contributed by atoms with E-state index in [2.05, 4.69) is 32.3 Å². The number of nitrogens with one attached hydrogen (secondary N) is 1. The summed E-state index contributed by atoms with van der Waals surface area (Å²) in [5.41, 5.74) is 4.19. The summed E-state index contributed by atoms with van der Waals surface area (Å²) in [5, 5.41) is 11.8. The number of rotatable bonds is 4. The van der Waals surface area contributed by atoms with Crippen LogP contribution in [0, 0.1) is 18.3 Å². The predicted octanol–water partition coefficient (Wildman–Crippen LogP) is 2.58. The number of fused-ring (bicyclic) bond motifs is 1. The summed E-state index contributed by atoms with van der Waals surface area (Å²) in [7, 11) is 0. The van der Waals surface area contributed by atoms with Gasteiger partial charge < -0.3 is 9.88 Å². The zero-order valence-electron chi connectivity index (χ0n) is 15.8. The summed E-state index contributed by atoms with van der Waals surface area (Å²) in [6, 6.07) is 11.3. The molecule has 1 aliphatic heterocycles. The van der Waals surface area contributed by atoms with Crippen LogP contribution in [0.3, 0.4) is 0 Å². The van der Waals surface area contributed by atoms with Gasteiger partial charge in [0.1, 0.15) is 0 Å². The highest BCUT2D eigenvalue weighted by Crippen LogP contribution is 2.30. The van der Waals surface area contributed by atoms with E-state index < -0.39 is 0 Å². The molecule has 1 fully saturated rings. The zero-order valence-corrected chi connectivity index (χ0v) is 17.4. The maximum absolute atomic E-state index is 13.2. The Bertz CT molecular complexity index is 1160. The van der Waals surface area contributed by atoms with Crippen LogP contribution >= 0.6 is 15.9 Å².